The monoisotopic (exact) mass is 252 g/mol. The first-order valence-corrected chi connectivity index (χ1v) is 6.61. The average molecular weight is 252 g/mol. The van der Waals surface area contributed by atoms with Gasteiger partial charge >= 0.3 is 5.97 Å². The number of hydrogen-bond acceptors (Lipinski definition) is 4. The molecule has 0 spiro atoms. The molecule has 0 amide bonds. The van der Waals surface area contributed by atoms with Gasteiger partial charge in [-0.3, -0.25) is 4.79 Å². The van der Waals surface area contributed by atoms with E-state index >= 15 is 0 Å². The van der Waals surface area contributed by atoms with Crippen LogP contribution in [-0.4, -0.2) is 24.9 Å². The summed E-state index contributed by atoms with van der Waals surface area (Å²) in [5.41, 5.74) is 1.12. The van der Waals surface area contributed by atoms with Gasteiger partial charge in [0.1, 0.15) is 11.0 Å². The van der Waals surface area contributed by atoms with Gasteiger partial charge in [-0.05, 0) is 13.0 Å². The Morgan fingerprint density at radius 2 is 2.24 bits per heavy atom. The summed E-state index contributed by atoms with van der Waals surface area (Å²) in [5, 5.41) is 0.191. The summed E-state index contributed by atoms with van der Waals surface area (Å²) in [6, 6.07) is 7.92. The van der Waals surface area contributed by atoms with Crippen LogP contribution in [0.25, 0.3) is 0 Å². The normalized spacial score (nSPS) is 21.1. The van der Waals surface area contributed by atoms with Gasteiger partial charge in [0.25, 0.3) is 0 Å². The van der Waals surface area contributed by atoms with Crippen LogP contribution in [0.5, 0.6) is 5.75 Å². The van der Waals surface area contributed by atoms with E-state index in [4.69, 9.17) is 9.47 Å². The molecule has 1 aromatic carbocycles. The Kier molecular flexibility index (Phi) is 3.94. The summed E-state index contributed by atoms with van der Waals surface area (Å²) < 4.78 is 10.3. The molecule has 1 aromatic rings. The topological polar surface area (TPSA) is 35.5 Å². The number of thioether (sulfide) groups is 1. The van der Waals surface area contributed by atoms with Crippen molar-refractivity contribution in [1.82, 2.24) is 0 Å². The van der Waals surface area contributed by atoms with Crippen molar-refractivity contribution in [2.24, 2.45) is 0 Å². The molecule has 2 rings (SSSR count). The maximum absolute atomic E-state index is 11.4. The fraction of sp³-hybridized carbons (Fsp3) is 0.462. The predicted octanol–water partition coefficient (Wildman–Crippen LogP) is 2.80. The Bertz CT molecular complexity index is 405. The van der Waals surface area contributed by atoms with Crippen molar-refractivity contribution in [3.8, 4) is 5.75 Å². The fourth-order valence-corrected chi connectivity index (χ4v) is 3.17. The smallest absolute Gasteiger partial charge is 0.319 e. The van der Waals surface area contributed by atoms with Crippen LogP contribution in [0.1, 0.15) is 24.2 Å². The van der Waals surface area contributed by atoms with Crippen molar-refractivity contribution in [3.63, 3.8) is 0 Å². The van der Waals surface area contributed by atoms with Gasteiger partial charge in [0.05, 0.1) is 13.7 Å². The third kappa shape index (κ3) is 2.75. The Balaban J connectivity index is 2.08. The second-order valence-electron chi connectivity index (χ2n) is 3.97. The fourth-order valence-electron chi connectivity index (χ4n) is 1.92. The van der Waals surface area contributed by atoms with Crippen molar-refractivity contribution >= 4 is 17.7 Å². The van der Waals surface area contributed by atoms with Crippen LogP contribution >= 0.6 is 11.8 Å². The molecule has 0 saturated carbocycles. The number of ether oxygens (including phenoxy) is 2. The van der Waals surface area contributed by atoms with Crippen molar-refractivity contribution < 1.29 is 14.3 Å². The van der Waals surface area contributed by atoms with E-state index in [-0.39, 0.29) is 16.5 Å². The molecule has 0 aromatic heterocycles. The third-order valence-electron chi connectivity index (χ3n) is 2.83. The molecule has 1 heterocycles. The van der Waals surface area contributed by atoms with Crippen molar-refractivity contribution in [2.75, 3.05) is 13.7 Å². The van der Waals surface area contributed by atoms with Gasteiger partial charge in [0.15, 0.2) is 0 Å². The van der Waals surface area contributed by atoms with Gasteiger partial charge in [-0.25, -0.2) is 0 Å². The molecule has 1 aliphatic heterocycles. The van der Waals surface area contributed by atoms with Gasteiger partial charge < -0.3 is 9.47 Å². The predicted molar refractivity (Wildman–Crippen MR) is 68.4 cm³/mol. The Hall–Kier alpha value is -1.16. The van der Waals surface area contributed by atoms with E-state index in [1.165, 1.54) is 0 Å². The SMILES string of the molecule is COc1ccccc1[C@@H](C)S[C@H]1CCOC1=O. The average Bonchev–Trinajstić information content (AvgIpc) is 2.75. The van der Waals surface area contributed by atoms with Crippen molar-refractivity contribution in [2.45, 2.75) is 23.8 Å². The molecule has 1 aliphatic rings. The zero-order valence-corrected chi connectivity index (χ0v) is 10.8. The molecule has 1 fully saturated rings. The molecule has 17 heavy (non-hydrogen) atoms. The summed E-state index contributed by atoms with van der Waals surface area (Å²) in [6.45, 7) is 2.64. The molecule has 2 atom stereocenters. The molecule has 0 radical (unpaired) electrons. The number of esters is 1. The molecule has 0 aliphatic carbocycles. The lowest BCUT2D eigenvalue weighted by Crippen LogP contribution is -2.11. The van der Waals surface area contributed by atoms with Crippen molar-refractivity contribution in [1.29, 1.82) is 0 Å². The molecule has 0 N–H and O–H groups in total. The Morgan fingerprint density at radius 1 is 1.47 bits per heavy atom. The zero-order valence-electron chi connectivity index (χ0n) is 10.0. The lowest BCUT2D eigenvalue weighted by Gasteiger charge is -2.17. The first-order chi connectivity index (χ1) is 8.22. The van der Waals surface area contributed by atoms with Crippen molar-refractivity contribution in [3.05, 3.63) is 29.8 Å². The molecule has 0 unspecified atom stereocenters. The van der Waals surface area contributed by atoms with Crippen LogP contribution in [0.3, 0.4) is 0 Å². The molecule has 3 nitrogen and oxygen atoms in total. The molecular weight excluding hydrogens is 236 g/mol. The Labute approximate surface area is 105 Å². The first kappa shape index (κ1) is 12.3. The summed E-state index contributed by atoms with van der Waals surface area (Å²) in [4.78, 5) is 11.4. The molecule has 1 saturated heterocycles. The number of methoxy groups -OCH3 is 1. The summed E-state index contributed by atoms with van der Waals surface area (Å²) in [6.07, 6.45) is 0.809. The first-order valence-electron chi connectivity index (χ1n) is 5.67. The van der Waals surface area contributed by atoms with Gasteiger partial charge in [-0.1, -0.05) is 18.2 Å². The lowest BCUT2D eigenvalue weighted by molar-refractivity contribution is -0.137. The standard InChI is InChI=1S/C13H16O3S/c1-9(17-12-7-8-16-13(12)14)10-5-3-4-6-11(10)15-2/h3-6,9,12H,7-8H2,1-2H3/t9-,12+/m1/s1. The van der Waals surface area contributed by atoms with Crippen LogP contribution in [0.4, 0.5) is 0 Å². The molecule has 0 bridgehead atoms. The quantitative estimate of drug-likeness (QED) is 0.772. The van der Waals surface area contributed by atoms with E-state index in [1.807, 2.05) is 24.3 Å². The highest BCUT2D eigenvalue weighted by Gasteiger charge is 2.29. The summed E-state index contributed by atoms with van der Waals surface area (Å²) >= 11 is 1.64. The highest BCUT2D eigenvalue weighted by molar-refractivity contribution is 8.00. The van der Waals surface area contributed by atoms with Gasteiger partial charge in [-0.2, -0.15) is 0 Å². The largest absolute Gasteiger partial charge is 0.496 e. The van der Waals surface area contributed by atoms with E-state index < -0.39 is 0 Å². The van der Waals surface area contributed by atoms with E-state index in [2.05, 4.69) is 6.92 Å². The summed E-state index contributed by atoms with van der Waals surface area (Å²) in [7, 11) is 1.67. The number of carbonyl (C=O) groups excluding carboxylic acids is 1. The lowest BCUT2D eigenvalue weighted by atomic mass is 10.1. The van der Waals surface area contributed by atoms with E-state index in [0.717, 1.165) is 17.7 Å². The number of benzene rings is 1. The third-order valence-corrected chi connectivity index (χ3v) is 4.25. The highest BCUT2D eigenvalue weighted by Crippen LogP contribution is 2.39. The Morgan fingerprint density at radius 3 is 2.88 bits per heavy atom. The summed E-state index contributed by atoms with van der Waals surface area (Å²) in [5.74, 6) is 0.788. The van der Waals surface area contributed by atoms with Crippen LogP contribution in [0, 0.1) is 0 Å². The molecular formula is C13H16O3S. The van der Waals surface area contributed by atoms with Crippen LogP contribution in [-0.2, 0) is 9.53 Å². The maximum Gasteiger partial charge on any atom is 0.319 e. The van der Waals surface area contributed by atoms with E-state index in [9.17, 15) is 4.79 Å². The number of rotatable bonds is 4. The molecule has 92 valence electrons. The number of cyclic esters (lactones) is 1. The van der Waals surface area contributed by atoms with Gasteiger partial charge in [-0.15, -0.1) is 11.8 Å². The number of carbonyl (C=O) groups is 1. The van der Waals surface area contributed by atoms with Crippen LogP contribution in [0.15, 0.2) is 24.3 Å². The minimum Gasteiger partial charge on any atom is -0.496 e. The highest BCUT2D eigenvalue weighted by atomic mass is 32.2. The van der Waals surface area contributed by atoms with E-state index in [1.54, 1.807) is 18.9 Å². The minimum absolute atomic E-state index is 0.0325. The molecule has 4 heteroatoms. The van der Waals surface area contributed by atoms with Crippen LogP contribution in [0.2, 0.25) is 0 Å². The van der Waals surface area contributed by atoms with Crippen LogP contribution < -0.4 is 4.74 Å². The van der Waals surface area contributed by atoms with Gasteiger partial charge in [0.2, 0.25) is 0 Å². The second-order valence-corrected chi connectivity index (χ2v) is 5.51. The second kappa shape index (κ2) is 5.45. The zero-order chi connectivity index (χ0) is 12.3. The maximum atomic E-state index is 11.4. The minimum atomic E-state index is -0.0863. The number of para-hydroxylation sites is 1. The van der Waals surface area contributed by atoms with Gasteiger partial charge in [0, 0.05) is 17.2 Å². The number of hydrogen-bond donors (Lipinski definition) is 0. The van der Waals surface area contributed by atoms with E-state index in [0.29, 0.717) is 6.61 Å².